The number of hydrogen-bond acceptors (Lipinski definition) is 6. The first-order valence-corrected chi connectivity index (χ1v) is 12.3. The van der Waals surface area contributed by atoms with Gasteiger partial charge in [0.25, 0.3) is 0 Å². The van der Waals surface area contributed by atoms with Gasteiger partial charge in [0.15, 0.2) is 5.82 Å². The van der Waals surface area contributed by atoms with Gasteiger partial charge in [-0.15, -0.1) is 0 Å². The van der Waals surface area contributed by atoms with Gasteiger partial charge < -0.3 is 15.8 Å². The van der Waals surface area contributed by atoms with Gasteiger partial charge in [-0.05, 0) is 67.4 Å². The molecule has 1 aliphatic rings. The lowest BCUT2D eigenvalue weighted by Crippen LogP contribution is -2.16. The van der Waals surface area contributed by atoms with Crippen molar-refractivity contribution in [2.45, 2.75) is 31.7 Å². The molecule has 1 aliphatic carbocycles. The van der Waals surface area contributed by atoms with Crippen LogP contribution >= 0.6 is 0 Å². The molecule has 0 bridgehead atoms. The van der Waals surface area contributed by atoms with Gasteiger partial charge in [0.1, 0.15) is 17.3 Å². The van der Waals surface area contributed by atoms with E-state index in [2.05, 4.69) is 28.5 Å². The van der Waals surface area contributed by atoms with E-state index in [1.54, 1.807) is 13.3 Å². The predicted molar refractivity (Wildman–Crippen MR) is 144 cm³/mol. The van der Waals surface area contributed by atoms with Gasteiger partial charge in [0, 0.05) is 29.1 Å². The number of methoxy groups -OCH3 is 1. The highest BCUT2D eigenvalue weighted by Gasteiger charge is 2.22. The molecule has 180 valence electrons. The lowest BCUT2D eigenvalue weighted by atomic mass is 10.0. The highest BCUT2D eigenvalue weighted by atomic mass is 16.5. The summed E-state index contributed by atoms with van der Waals surface area (Å²) in [5.74, 6) is 2.38. The molecule has 6 rings (SSSR count). The van der Waals surface area contributed by atoms with Crippen molar-refractivity contribution in [2.75, 3.05) is 18.2 Å². The number of aromatic nitrogens is 4. The number of hydrogen-bond donors (Lipinski definition) is 2. The number of rotatable bonds is 6. The smallest absolute Gasteiger partial charge is 0.161 e. The van der Waals surface area contributed by atoms with Gasteiger partial charge in [-0.3, -0.25) is 0 Å². The molecule has 7 heteroatoms. The number of nitrogens with zero attached hydrogens (tertiary/aromatic N) is 4. The van der Waals surface area contributed by atoms with Gasteiger partial charge in [-0.25, -0.2) is 14.5 Å². The molecule has 0 radical (unpaired) electrons. The van der Waals surface area contributed by atoms with Crippen molar-refractivity contribution in [3.05, 3.63) is 79.0 Å². The van der Waals surface area contributed by atoms with Crippen molar-refractivity contribution in [1.82, 2.24) is 19.6 Å². The molecule has 0 saturated heterocycles. The number of ether oxygens (including phenoxy) is 1. The number of anilines is 2. The molecule has 0 spiro atoms. The number of nitrogens with one attached hydrogen (secondary N) is 1. The number of para-hydroxylation sites is 1. The lowest BCUT2D eigenvalue weighted by molar-refractivity contribution is 0.415. The second-order valence-electron chi connectivity index (χ2n) is 9.14. The average molecular weight is 477 g/mol. The van der Waals surface area contributed by atoms with E-state index in [1.807, 2.05) is 59.1 Å². The summed E-state index contributed by atoms with van der Waals surface area (Å²) < 4.78 is 7.39. The van der Waals surface area contributed by atoms with Crippen LogP contribution in [0.2, 0.25) is 0 Å². The maximum absolute atomic E-state index is 6.24. The van der Waals surface area contributed by atoms with Gasteiger partial charge in [-0.1, -0.05) is 31.0 Å². The Morgan fingerprint density at radius 2 is 1.75 bits per heavy atom. The molecule has 3 N–H and O–H groups in total. The van der Waals surface area contributed by atoms with E-state index in [0.717, 1.165) is 45.2 Å². The second-order valence-corrected chi connectivity index (χ2v) is 9.14. The Hall–Kier alpha value is -4.39. The zero-order valence-electron chi connectivity index (χ0n) is 20.2. The van der Waals surface area contributed by atoms with Crippen molar-refractivity contribution in [3.63, 3.8) is 0 Å². The molecule has 2 aromatic carbocycles. The number of benzene rings is 2. The monoisotopic (exact) mass is 476 g/mol. The summed E-state index contributed by atoms with van der Waals surface area (Å²) in [7, 11) is 1.67. The number of fused-ring (bicyclic) bond motifs is 1. The lowest BCUT2D eigenvalue weighted by Gasteiger charge is -2.14. The normalized spacial score (nSPS) is 13.8. The van der Waals surface area contributed by atoms with Crippen LogP contribution in [-0.2, 0) is 0 Å². The zero-order chi connectivity index (χ0) is 24.5. The molecular weight excluding hydrogens is 448 g/mol. The fourth-order valence-electron chi connectivity index (χ4n) is 4.99. The summed E-state index contributed by atoms with van der Waals surface area (Å²) in [5.41, 5.74) is 12.3. The Morgan fingerprint density at radius 1 is 0.944 bits per heavy atom. The number of nitrogens with two attached hydrogens (primary N) is 1. The molecule has 3 heterocycles. The third-order valence-electron chi connectivity index (χ3n) is 6.84. The summed E-state index contributed by atoms with van der Waals surface area (Å²) in [6.45, 7) is 0. The van der Waals surface area contributed by atoms with Crippen LogP contribution in [0.1, 0.15) is 25.7 Å². The van der Waals surface area contributed by atoms with Crippen LogP contribution < -0.4 is 15.8 Å². The summed E-state index contributed by atoms with van der Waals surface area (Å²) in [4.78, 5) is 9.48. The SMILES string of the molecule is COc1ccc(-c2nn3c(NC4CCCC4)cccc3c2-c2ccnc(-c3ccccc3N)n2)cc1. The summed E-state index contributed by atoms with van der Waals surface area (Å²) >= 11 is 0. The standard InChI is InChI=1S/C29H28N6O/c1-36-21-15-13-19(14-16-21)28-27(24-17-18-31-29(33-24)22-9-4-5-10-23(22)30)25-11-6-12-26(35(25)34-28)32-20-7-2-3-8-20/h4-6,9-18,20,32H,2-3,7-8,30H2,1H3. The fraction of sp³-hybridized carbons (Fsp3) is 0.207. The van der Waals surface area contributed by atoms with E-state index in [4.69, 9.17) is 20.6 Å². The zero-order valence-corrected chi connectivity index (χ0v) is 20.2. The number of nitrogen functional groups attached to an aromatic ring is 1. The first-order valence-electron chi connectivity index (χ1n) is 12.3. The maximum Gasteiger partial charge on any atom is 0.161 e. The first kappa shape index (κ1) is 22.1. The molecule has 0 aliphatic heterocycles. The van der Waals surface area contributed by atoms with Crippen LogP contribution in [0.3, 0.4) is 0 Å². The molecule has 5 aromatic rings. The quantitative estimate of drug-likeness (QED) is 0.289. The van der Waals surface area contributed by atoms with Gasteiger partial charge >= 0.3 is 0 Å². The minimum atomic E-state index is 0.472. The van der Waals surface area contributed by atoms with Crippen LogP contribution in [0.25, 0.3) is 39.4 Å². The highest BCUT2D eigenvalue weighted by molar-refractivity contribution is 5.92. The minimum absolute atomic E-state index is 0.472. The van der Waals surface area contributed by atoms with Crippen LogP contribution in [-0.4, -0.2) is 32.7 Å². The Balaban J connectivity index is 1.54. The molecule has 3 aromatic heterocycles. The minimum Gasteiger partial charge on any atom is -0.497 e. The topological polar surface area (TPSA) is 90.4 Å². The molecular formula is C29H28N6O. The van der Waals surface area contributed by atoms with Crippen LogP contribution in [0, 0.1) is 0 Å². The van der Waals surface area contributed by atoms with Crippen LogP contribution in [0.15, 0.2) is 79.0 Å². The Bertz CT molecular complexity index is 1520. The van der Waals surface area contributed by atoms with E-state index in [0.29, 0.717) is 17.6 Å². The third kappa shape index (κ3) is 4.02. The van der Waals surface area contributed by atoms with Crippen LogP contribution in [0.4, 0.5) is 11.5 Å². The van der Waals surface area contributed by atoms with E-state index >= 15 is 0 Å². The Labute approximate surface area is 210 Å². The summed E-state index contributed by atoms with van der Waals surface area (Å²) in [6.07, 6.45) is 6.68. The summed E-state index contributed by atoms with van der Waals surface area (Å²) in [5, 5.41) is 8.83. The van der Waals surface area contributed by atoms with Gasteiger partial charge in [0.2, 0.25) is 0 Å². The average Bonchev–Trinajstić information content (AvgIpc) is 3.57. The van der Waals surface area contributed by atoms with E-state index in [-0.39, 0.29) is 0 Å². The third-order valence-corrected chi connectivity index (χ3v) is 6.84. The fourth-order valence-corrected chi connectivity index (χ4v) is 4.99. The van der Waals surface area contributed by atoms with Crippen LogP contribution in [0.5, 0.6) is 5.75 Å². The van der Waals surface area contributed by atoms with Crippen molar-refractivity contribution >= 4 is 17.0 Å². The van der Waals surface area contributed by atoms with Gasteiger partial charge in [-0.2, -0.15) is 5.10 Å². The van der Waals surface area contributed by atoms with Crippen molar-refractivity contribution < 1.29 is 4.74 Å². The maximum atomic E-state index is 6.24. The van der Waals surface area contributed by atoms with Crippen molar-refractivity contribution in [1.29, 1.82) is 0 Å². The molecule has 36 heavy (non-hydrogen) atoms. The van der Waals surface area contributed by atoms with E-state index in [9.17, 15) is 0 Å². The van der Waals surface area contributed by atoms with Gasteiger partial charge in [0.05, 0.1) is 23.9 Å². The number of pyridine rings is 1. The molecule has 0 unspecified atom stereocenters. The van der Waals surface area contributed by atoms with Crippen molar-refractivity contribution in [3.8, 4) is 39.7 Å². The first-order chi connectivity index (χ1) is 17.7. The summed E-state index contributed by atoms with van der Waals surface area (Å²) in [6, 6.07) is 24.3. The Kier molecular flexibility index (Phi) is 5.73. The highest BCUT2D eigenvalue weighted by Crippen LogP contribution is 2.37. The molecule has 1 saturated carbocycles. The molecule has 0 amide bonds. The molecule has 0 atom stereocenters. The van der Waals surface area contributed by atoms with Crippen molar-refractivity contribution in [2.24, 2.45) is 0 Å². The van der Waals surface area contributed by atoms with E-state index < -0.39 is 0 Å². The Morgan fingerprint density at radius 3 is 2.53 bits per heavy atom. The molecule has 1 fully saturated rings. The molecule has 7 nitrogen and oxygen atoms in total. The second kappa shape index (κ2) is 9.34. The predicted octanol–water partition coefficient (Wildman–Crippen LogP) is 6.07. The van der Waals surface area contributed by atoms with E-state index in [1.165, 1.54) is 25.7 Å². The largest absolute Gasteiger partial charge is 0.497 e.